The molecule has 0 fully saturated rings. The quantitative estimate of drug-likeness (QED) is 0.113. The number of benzene rings is 21. The average Bonchev–Trinajstić information content (AvgIpc) is 0.707. The summed E-state index contributed by atoms with van der Waals surface area (Å²) in [7, 11) is 0. The Bertz CT molecular complexity index is 7630. The molecule has 27 rings (SSSR count). The number of hydrogen-bond acceptors (Lipinski definition) is 6. The zero-order valence-corrected chi connectivity index (χ0v) is 74.1. The second-order valence-corrected chi connectivity index (χ2v) is 35.3. The van der Waals surface area contributed by atoms with Gasteiger partial charge in [-0.25, -0.2) is 0 Å². The summed E-state index contributed by atoms with van der Waals surface area (Å²) >= 11 is 0. The molecular weight excluding hydrogens is 1630 g/mol. The normalized spacial score (nSPS) is 12.8. The number of fused-ring (bicyclic) bond motifs is 12. The summed E-state index contributed by atoms with van der Waals surface area (Å²) in [5.74, 6) is 0. The summed E-state index contributed by atoms with van der Waals surface area (Å²) in [4.78, 5) is 14.8. The van der Waals surface area contributed by atoms with Crippen LogP contribution in [0, 0.1) is 0 Å². The first-order valence-electron chi connectivity index (χ1n) is 46.7. The number of hydrogen-bond donors (Lipinski definition) is 0. The van der Waals surface area contributed by atoms with E-state index in [0.717, 1.165) is 22.7 Å². The van der Waals surface area contributed by atoms with Crippen LogP contribution in [0.1, 0.15) is 0 Å². The van der Waals surface area contributed by atoms with Gasteiger partial charge in [-0.2, -0.15) is 0 Å². The van der Waals surface area contributed by atoms with Gasteiger partial charge in [-0.1, -0.05) is 358 Å². The van der Waals surface area contributed by atoms with Crippen molar-refractivity contribution >= 4 is 172 Å². The summed E-state index contributed by atoms with van der Waals surface area (Å²) < 4.78 is 0. The maximum atomic E-state index is 2.48. The van der Waals surface area contributed by atoms with Gasteiger partial charge < -0.3 is 29.4 Å². The van der Waals surface area contributed by atoms with Gasteiger partial charge in [0.2, 0.25) is 0 Å². The minimum atomic E-state index is 0.0897. The molecule has 0 bridgehead atoms. The topological polar surface area (TPSA) is 19.4 Å². The van der Waals surface area contributed by atoms with Gasteiger partial charge in [0.25, 0.3) is 20.1 Å². The minimum Gasteiger partial charge on any atom is -0.311 e. The van der Waals surface area contributed by atoms with E-state index in [1.807, 2.05) is 0 Å². The molecule has 0 saturated heterocycles. The van der Waals surface area contributed by atoms with E-state index < -0.39 is 0 Å². The molecule has 0 atom stereocenters. The van der Waals surface area contributed by atoms with Crippen LogP contribution in [0.3, 0.4) is 0 Å². The molecule has 0 aromatic heterocycles. The molecule has 630 valence electrons. The average molecular weight is 1720 g/mol. The lowest BCUT2D eigenvalue weighted by atomic mass is 9.33. The fourth-order valence-electron chi connectivity index (χ4n) is 21.9. The smallest absolute Gasteiger partial charge is 0.252 e. The van der Waals surface area contributed by atoms with Crippen LogP contribution in [0.15, 0.2) is 528 Å². The third-order valence-corrected chi connectivity index (χ3v) is 27.6. The van der Waals surface area contributed by atoms with Crippen molar-refractivity contribution in [2.45, 2.75) is 0 Å². The molecule has 0 aliphatic carbocycles. The number of rotatable bonds is 12. The van der Waals surface area contributed by atoms with Crippen LogP contribution in [-0.2, 0) is 0 Å². The first-order chi connectivity index (χ1) is 67.0. The van der Waals surface area contributed by atoms with Gasteiger partial charge in [-0.3, -0.25) is 0 Å². The van der Waals surface area contributed by atoms with Crippen LogP contribution in [0.4, 0.5) is 102 Å². The van der Waals surface area contributed by atoms with Crippen LogP contribution in [-0.4, -0.2) is 20.1 Å². The van der Waals surface area contributed by atoms with E-state index >= 15 is 0 Å². The molecule has 6 heterocycles. The molecule has 0 unspecified atom stereocenters. The van der Waals surface area contributed by atoms with Crippen molar-refractivity contribution in [1.82, 2.24) is 0 Å². The van der Waals surface area contributed by atoms with Gasteiger partial charge >= 0.3 is 0 Å². The van der Waals surface area contributed by atoms with Gasteiger partial charge in [0, 0.05) is 102 Å². The van der Waals surface area contributed by atoms with Gasteiger partial charge in [0.15, 0.2) is 0 Å². The maximum absolute atomic E-state index is 2.48. The highest BCUT2D eigenvalue weighted by molar-refractivity contribution is 7.02. The number of nitrogens with zero attached hydrogens (tertiary/aromatic N) is 6. The van der Waals surface area contributed by atoms with Crippen molar-refractivity contribution in [3.8, 4) is 66.8 Å². The molecule has 0 spiro atoms. The van der Waals surface area contributed by atoms with Crippen LogP contribution in [0.25, 0.3) is 66.8 Å². The lowest BCUT2D eigenvalue weighted by Gasteiger charge is -2.44. The van der Waals surface area contributed by atoms with Crippen molar-refractivity contribution in [2.75, 3.05) is 29.4 Å². The lowest BCUT2D eigenvalue weighted by Crippen LogP contribution is -2.61. The minimum absolute atomic E-state index is 0.0897. The predicted molar refractivity (Wildman–Crippen MR) is 574 cm³/mol. The number of anilines is 18. The second kappa shape index (κ2) is 34.2. The highest BCUT2D eigenvalue weighted by Crippen LogP contribution is 2.52. The SMILES string of the molecule is c1ccc(-c2cc(-c3ccccc3)cc(-c3cc4c5c(c3)N(c3ccccc3)c3ccccc3B5c3ccccc3N4c3ccccc3)c2)cc1.c1ccc(-c2cc3c4c(c2)N(c2ccccc2)c2ccccc2B4c2ccccc2N3c2ccccc2)cc1.c1ccc(-c2cccc(-c3cc4c5c(c3)N(c3ccccc3)c3ccccc3B5c3ccccc3N4c3ccccc3)c2)cc1. The summed E-state index contributed by atoms with van der Waals surface area (Å²) in [6.45, 7) is 0.353. The van der Waals surface area contributed by atoms with Crippen molar-refractivity contribution in [2.24, 2.45) is 0 Å². The van der Waals surface area contributed by atoms with Gasteiger partial charge in [-0.05, 0) is 286 Å². The van der Waals surface area contributed by atoms with E-state index in [9.17, 15) is 0 Å². The molecule has 135 heavy (non-hydrogen) atoms. The second-order valence-electron chi connectivity index (χ2n) is 35.3. The zero-order valence-electron chi connectivity index (χ0n) is 74.1. The van der Waals surface area contributed by atoms with E-state index in [4.69, 9.17) is 0 Å². The van der Waals surface area contributed by atoms with E-state index in [1.54, 1.807) is 0 Å². The Labute approximate surface area is 790 Å². The van der Waals surface area contributed by atoms with Crippen molar-refractivity contribution in [3.05, 3.63) is 528 Å². The van der Waals surface area contributed by atoms with Gasteiger partial charge in [0.05, 0.1) is 0 Å². The largest absolute Gasteiger partial charge is 0.311 e. The zero-order chi connectivity index (χ0) is 89.2. The van der Waals surface area contributed by atoms with E-state index in [0.29, 0.717) is 0 Å². The highest BCUT2D eigenvalue weighted by atomic mass is 15.2. The molecule has 6 aliphatic rings. The Morgan fingerprint density at radius 1 is 0.104 bits per heavy atom. The van der Waals surface area contributed by atoms with E-state index in [2.05, 4.69) is 557 Å². The Hall–Kier alpha value is -17.4. The molecule has 0 radical (unpaired) electrons. The highest BCUT2D eigenvalue weighted by Gasteiger charge is 2.48. The monoisotopic (exact) mass is 1720 g/mol. The standard InChI is InChI=1S/C48H33BN2.C42H29BN2.C36H25BN2/c1-5-17-34(18-6-1)36-29-37(35-19-7-2-8-20-35)31-38(30-36)39-32-46-48-47(33-39)51(41-23-11-4-12-24-41)45-28-16-14-26-43(45)49(48)42-25-13-15-27-44(42)50(46)40-21-9-3-10-22-40;1-4-15-30(16-5-1)31-17-14-18-32(27-31)33-28-40-42-41(29-33)45(35-21-8-3-9-22-35)39-26-13-11-24-37(39)43(42)36-23-10-12-25-38(36)44(40)34-19-6-2-7-20-34;1-4-14-26(15-5-1)27-24-34-36-35(25-27)39(29-18-8-3-9-19-29)33-23-13-11-21-31(33)37(36)30-20-10-12-22-32(30)38(34)28-16-6-2-7-17-28/h1-33H;1-29H;1-25H. The lowest BCUT2D eigenvalue weighted by molar-refractivity contribution is 1.25. The first kappa shape index (κ1) is 79.8. The molecule has 0 amide bonds. The fourth-order valence-corrected chi connectivity index (χ4v) is 21.9. The van der Waals surface area contributed by atoms with Crippen LogP contribution < -0.4 is 78.6 Å². The molecule has 0 N–H and O–H groups in total. The summed E-state index contributed by atoms with van der Waals surface area (Å²) in [5.41, 5.74) is 48.0. The molecular formula is C126H87B3N6. The molecule has 21 aromatic rings. The van der Waals surface area contributed by atoms with E-state index in [1.165, 1.54) is 196 Å². The van der Waals surface area contributed by atoms with Crippen molar-refractivity contribution < 1.29 is 0 Å². The van der Waals surface area contributed by atoms with Crippen LogP contribution >= 0.6 is 0 Å². The van der Waals surface area contributed by atoms with Crippen molar-refractivity contribution in [3.63, 3.8) is 0 Å². The Morgan fingerprint density at radius 3 is 0.467 bits per heavy atom. The van der Waals surface area contributed by atoms with Gasteiger partial charge in [0.1, 0.15) is 0 Å². The molecule has 6 nitrogen and oxygen atoms in total. The molecule has 9 heteroatoms. The van der Waals surface area contributed by atoms with E-state index in [-0.39, 0.29) is 20.1 Å². The number of para-hydroxylation sites is 12. The molecule has 6 aliphatic heterocycles. The van der Waals surface area contributed by atoms with Gasteiger partial charge in [-0.15, -0.1) is 0 Å². The van der Waals surface area contributed by atoms with Crippen molar-refractivity contribution in [1.29, 1.82) is 0 Å². The summed E-state index contributed by atoms with van der Waals surface area (Å²) in [6, 6.07) is 192. The summed E-state index contributed by atoms with van der Waals surface area (Å²) in [5, 5.41) is 0. The predicted octanol–water partition coefficient (Wildman–Crippen LogP) is 27.3. The van der Waals surface area contributed by atoms with Crippen LogP contribution in [0.2, 0.25) is 0 Å². The maximum Gasteiger partial charge on any atom is 0.252 e. The third-order valence-electron chi connectivity index (χ3n) is 27.6. The molecule has 21 aromatic carbocycles. The Morgan fingerprint density at radius 2 is 0.244 bits per heavy atom. The molecule has 0 saturated carbocycles. The van der Waals surface area contributed by atoms with Crippen LogP contribution in [0.5, 0.6) is 0 Å². The fraction of sp³-hybridized carbons (Fsp3) is 0. The summed E-state index contributed by atoms with van der Waals surface area (Å²) in [6.07, 6.45) is 0. The Kier molecular flexibility index (Phi) is 20.2. The third kappa shape index (κ3) is 14.0. The Balaban J connectivity index is 0.000000109. The first-order valence-corrected chi connectivity index (χ1v) is 46.7.